The Balaban J connectivity index is 3.00. The molecule has 1 aromatic heterocycles. The number of rotatable bonds is 2. The molecule has 0 radical (unpaired) electrons. The minimum atomic E-state index is -5.06. The van der Waals surface area contributed by atoms with Gasteiger partial charge in [0.05, 0.1) is 0 Å². The van der Waals surface area contributed by atoms with E-state index in [4.69, 9.17) is 5.11 Å². The highest BCUT2D eigenvalue weighted by Crippen LogP contribution is 2.14. The van der Waals surface area contributed by atoms with Gasteiger partial charge in [-0.3, -0.25) is 0 Å². The molecule has 0 amide bonds. The lowest BCUT2D eigenvalue weighted by atomic mass is 9.82. The lowest BCUT2D eigenvalue weighted by molar-refractivity contribution is 0.0702. The number of hydrogen-bond acceptors (Lipinski definition) is 2. The summed E-state index contributed by atoms with van der Waals surface area (Å²) in [6, 6.07) is 0.646. The summed E-state index contributed by atoms with van der Waals surface area (Å²) in [4.78, 5) is 9.90. The molecular weight excluding hydrogens is 192 g/mol. The van der Waals surface area contributed by atoms with Gasteiger partial charge < -0.3 is 18.1 Å². The second-order valence-electron chi connectivity index (χ2n) is 2.12. The zero-order valence-corrected chi connectivity index (χ0v) is 6.45. The zero-order chi connectivity index (χ0) is 9.35. The molecule has 0 aromatic carbocycles. The van der Waals surface area contributed by atoms with Crippen LogP contribution in [0.3, 0.4) is 0 Å². The van der Waals surface area contributed by atoms with Crippen molar-refractivity contribution in [1.82, 2.24) is 0 Å². The quantitative estimate of drug-likeness (QED) is 0.726. The predicted molar refractivity (Wildman–Crippen MR) is 40.0 cm³/mol. The van der Waals surface area contributed by atoms with Gasteiger partial charge in [0, 0.05) is 0 Å². The van der Waals surface area contributed by atoms with Gasteiger partial charge in [0.1, 0.15) is 4.88 Å². The van der Waals surface area contributed by atoms with E-state index in [-0.39, 0.29) is 4.88 Å². The molecular formula is C5H3BF3O2S-. The normalized spacial score (nSPS) is 11.6. The van der Waals surface area contributed by atoms with Crippen molar-refractivity contribution in [3.63, 3.8) is 0 Å². The van der Waals surface area contributed by atoms with Crippen molar-refractivity contribution in [1.29, 1.82) is 0 Å². The van der Waals surface area contributed by atoms with E-state index in [0.717, 1.165) is 5.38 Å². The SMILES string of the molecule is O=C(O)c1cc([B-](F)(F)F)cs1. The number of carboxylic acid groups (broad SMARTS) is 1. The monoisotopic (exact) mass is 195 g/mol. The molecule has 7 heteroatoms. The number of halogens is 3. The number of hydrogen-bond donors (Lipinski definition) is 1. The maximum Gasteiger partial charge on any atom is 0.510 e. The largest absolute Gasteiger partial charge is 0.510 e. The Hall–Kier alpha value is -0.975. The van der Waals surface area contributed by atoms with E-state index in [0.29, 0.717) is 17.4 Å². The van der Waals surface area contributed by atoms with E-state index >= 15 is 0 Å². The zero-order valence-electron chi connectivity index (χ0n) is 5.63. The maximum atomic E-state index is 11.9. The van der Waals surface area contributed by atoms with Crippen molar-refractivity contribution in [3.8, 4) is 0 Å². The lowest BCUT2D eigenvalue weighted by Crippen LogP contribution is -2.32. The summed E-state index contributed by atoms with van der Waals surface area (Å²) in [5, 5.41) is 9.12. The fourth-order valence-electron chi connectivity index (χ4n) is 0.635. The molecule has 0 bridgehead atoms. The average Bonchev–Trinajstić information content (AvgIpc) is 2.30. The van der Waals surface area contributed by atoms with Gasteiger partial charge in [0.2, 0.25) is 0 Å². The Morgan fingerprint density at radius 2 is 2.08 bits per heavy atom. The third-order valence-electron chi connectivity index (χ3n) is 1.21. The van der Waals surface area contributed by atoms with Crippen LogP contribution >= 0.6 is 11.3 Å². The van der Waals surface area contributed by atoms with Crippen molar-refractivity contribution in [2.24, 2.45) is 0 Å². The molecule has 1 N–H and O–H groups in total. The van der Waals surface area contributed by atoms with Crippen LogP contribution in [-0.2, 0) is 0 Å². The summed E-state index contributed by atoms with van der Waals surface area (Å²) >= 11 is 0.581. The van der Waals surface area contributed by atoms with Crippen LogP contribution in [0.15, 0.2) is 11.4 Å². The van der Waals surface area contributed by atoms with E-state index in [9.17, 15) is 17.7 Å². The summed E-state index contributed by atoms with van der Waals surface area (Å²) in [5.41, 5.74) is -0.850. The van der Waals surface area contributed by atoms with Crippen LogP contribution in [0, 0.1) is 0 Å². The molecule has 0 aliphatic heterocycles. The van der Waals surface area contributed by atoms with Gasteiger partial charge in [0.15, 0.2) is 0 Å². The van der Waals surface area contributed by atoms with Crippen LogP contribution in [0.2, 0.25) is 0 Å². The van der Waals surface area contributed by atoms with Crippen LogP contribution in [-0.4, -0.2) is 18.1 Å². The van der Waals surface area contributed by atoms with Gasteiger partial charge >= 0.3 is 12.9 Å². The Kier molecular flexibility index (Phi) is 2.14. The summed E-state index contributed by atoms with van der Waals surface area (Å²) < 4.78 is 35.8. The Morgan fingerprint density at radius 3 is 2.33 bits per heavy atom. The highest BCUT2D eigenvalue weighted by Gasteiger charge is 2.27. The number of thiophene rings is 1. The third-order valence-corrected chi connectivity index (χ3v) is 2.14. The van der Waals surface area contributed by atoms with E-state index in [1.165, 1.54) is 0 Å². The minimum absolute atomic E-state index is 0.288. The van der Waals surface area contributed by atoms with Gasteiger partial charge in [-0.15, -0.1) is 11.3 Å². The van der Waals surface area contributed by atoms with Crippen LogP contribution in [0.4, 0.5) is 12.9 Å². The van der Waals surface area contributed by atoms with Gasteiger partial charge in [-0.2, -0.15) is 0 Å². The fourth-order valence-corrected chi connectivity index (χ4v) is 1.43. The molecule has 2 nitrogen and oxygen atoms in total. The Bertz CT molecular complexity index is 306. The number of carboxylic acids is 1. The van der Waals surface area contributed by atoms with Gasteiger partial charge in [-0.1, -0.05) is 11.5 Å². The standard InChI is InChI=1S/C5H3BF3O2S/c7-6(8,9)3-1-4(5(10)11)12-2-3/h1-2H,(H,10,11)/q-1. The molecule has 1 heterocycles. The second kappa shape index (κ2) is 2.82. The van der Waals surface area contributed by atoms with E-state index in [1.807, 2.05) is 0 Å². The Morgan fingerprint density at radius 1 is 1.50 bits per heavy atom. The van der Waals surface area contributed by atoms with Crippen LogP contribution < -0.4 is 5.46 Å². The summed E-state index contributed by atoms with van der Waals surface area (Å²) in [5.74, 6) is -1.33. The van der Waals surface area contributed by atoms with Crippen molar-refractivity contribution in [2.45, 2.75) is 0 Å². The smallest absolute Gasteiger partial charge is 0.477 e. The molecule has 0 spiro atoms. The third kappa shape index (κ3) is 1.79. The summed E-state index contributed by atoms with van der Waals surface area (Å²) in [6.45, 7) is -5.06. The average molecular weight is 195 g/mol. The van der Waals surface area contributed by atoms with Gasteiger partial charge in [-0.05, 0) is 5.38 Å². The van der Waals surface area contributed by atoms with Crippen molar-refractivity contribution in [2.75, 3.05) is 0 Å². The second-order valence-corrected chi connectivity index (χ2v) is 3.04. The molecule has 0 saturated heterocycles. The molecule has 12 heavy (non-hydrogen) atoms. The van der Waals surface area contributed by atoms with Crippen LogP contribution in [0.1, 0.15) is 9.67 Å². The van der Waals surface area contributed by atoms with Crippen molar-refractivity contribution in [3.05, 3.63) is 16.3 Å². The molecule has 0 fully saturated rings. The molecule has 0 aliphatic carbocycles. The van der Waals surface area contributed by atoms with Crippen LogP contribution in [0.5, 0.6) is 0 Å². The topological polar surface area (TPSA) is 37.3 Å². The maximum absolute atomic E-state index is 11.9. The minimum Gasteiger partial charge on any atom is -0.477 e. The molecule has 66 valence electrons. The molecule has 0 atom stereocenters. The molecule has 1 aromatic rings. The first-order valence-electron chi connectivity index (χ1n) is 2.93. The van der Waals surface area contributed by atoms with Gasteiger partial charge in [-0.25, -0.2) is 4.79 Å². The van der Waals surface area contributed by atoms with E-state index < -0.39 is 18.4 Å². The highest BCUT2D eigenvalue weighted by molar-refractivity contribution is 7.13. The Labute approximate surface area is 69.7 Å². The molecule has 1 rings (SSSR count). The highest BCUT2D eigenvalue weighted by atomic mass is 32.1. The van der Waals surface area contributed by atoms with Gasteiger partial charge in [0.25, 0.3) is 0 Å². The number of carbonyl (C=O) groups is 1. The predicted octanol–water partition coefficient (Wildman–Crippen LogP) is 1.50. The number of aromatic carboxylic acids is 1. The first-order valence-corrected chi connectivity index (χ1v) is 3.81. The molecule has 0 unspecified atom stereocenters. The van der Waals surface area contributed by atoms with E-state index in [1.54, 1.807) is 0 Å². The summed E-state index contributed by atoms with van der Waals surface area (Å²) in [6.07, 6.45) is 0. The molecule has 0 aliphatic rings. The lowest BCUT2D eigenvalue weighted by Gasteiger charge is -2.10. The summed E-state index contributed by atoms with van der Waals surface area (Å²) in [7, 11) is 0. The van der Waals surface area contributed by atoms with Crippen molar-refractivity contribution >= 4 is 29.7 Å². The fraction of sp³-hybridized carbons (Fsp3) is 0. The van der Waals surface area contributed by atoms with Crippen LogP contribution in [0.25, 0.3) is 0 Å². The van der Waals surface area contributed by atoms with Crippen molar-refractivity contribution < 1.29 is 22.8 Å². The first-order chi connectivity index (χ1) is 5.41. The first kappa shape index (κ1) is 9.12. The van der Waals surface area contributed by atoms with E-state index in [2.05, 4.69) is 0 Å². The molecule has 0 saturated carbocycles.